The van der Waals surface area contributed by atoms with Crippen molar-refractivity contribution in [1.82, 2.24) is 14.7 Å². The van der Waals surface area contributed by atoms with Crippen LogP contribution in [0.3, 0.4) is 0 Å². The van der Waals surface area contributed by atoms with Gasteiger partial charge in [-0.25, -0.2) is 4.98 Å². The van der Waals surface area contributed by atoms with Gasteiger partial charge in [0.2, 0.25) is 11.2 Å². The highest BCUT2D eigenvalue weighted by Gasteiger charge is 2.26. The Hall–Kier alpha value is -2.48. The third-order valence-corrected chi connectivity index (χ3v) is 3.27. The van der Waals surface area contributed by atoms with E-state index in [0.717, 1.165) is 11.5 Å². The zero-order valence-corrected chi connectivity index (χ0v) is 12.3. The fourth-order valence-electron chi connectivity index (χ4n) is 1.55. The Kier molecular flexibility index (Phi) is 4.83. The summed E-state index contributed by atoms with van der Waals surface area (Å²) in [5, 5.41) is 10.4. The summed E-state index contributed by atoms with van der Waals surface area (Å²) in [6.45, 7) is 1.72. The van der Waals surface area contributed by atoms with Crippen LogP contribution in [0.2, 0.25) is 0 Å². The molecule has 108 valence electrons. The highest BCUT2D eigenvalue weighted by molar-refractivity contribution is 7.09. The number of likely N-dealkylation sites (N-methyl/N-ethyl adjacent to an activating group) is 1. The molecule has 21 heavy (non-hydrogen) atoms. The van der Waals surface area contributed by atoms with Gasteiger partial charge in [0.05, 0.1) is 0 Å². The number of benzene rings is 1. The lowest BCUT2D eigenvalue weighted by atomic mass is 10.0. The smallest absolute Gasteiger partial charge is 0.254 e. The molecule has 7 nitrogen and oxygen atoms in total. The van der Waals surface area contributed by atoms with Crippen molar-refractivity contribution in [3.8, 4) is 0 Å². The lowest BCUT2D eigenvalue weighted by molar-refractivity contribution is -0.120. The summed E-state index contributed by atoms with van der Waals surface area (Å²) in [7, 11) is 1.44. The maximum atomic E-state index is 12.3. The van der Waals surface area contributed by atoms with E-state index in [4.69, 9.17) is 0 Å². The summed E-state index contributed by atoms with van der Waals surface area (Å²) in [5.74, 6) is -0.367. The summed E-state index contributed by atoms with van der Waals surface area (Å²) >= 11 is 1.05. The number of hydrogen-bond donors (Lipinski definition) is 1. The number of rotatable bonds is 5. The topological polar surface area (TPSA) is 96.7 Å². The van der Waals surface area contributed by atoms with E-state index in [2.05, 4.69) is 24.9 Å². The predicted octanol–water partition coefficient (Wildman–Crippen LogP) is 1.93. The van der Waals surface area contributed by atoms with Gasteiger partial charge in [0.25, 0.3) is 5.91 Å². The molecule has 0 bridgehead atoms. The zero-order chi connectivity index (χ0) is 15.2. The number of aryl methyl sites for hydroxylation is 1. The Morgan fingerprint density at radius 1 is 1.29 bits per heavy atom. The summed E-state index contributed by atoms with van der Waals surface area (Å²) in [5.41, 5.74) is 0.401. The van der Waals surface area contributed by atoms with Crippen molar-refractivity contribution in [2.45, 2.75) is 13.0 Å². The van der Waals surface area contributed by atoms with Crippen molar-refractivity contribution in [3.63, 3.8) is 0 Å². The fraction of sp³-hybridized carbons (Fsp3) is 0.231. The van der Waals surface area contributed by atoms with Gasteiger partial charge in [0.1, 0.15) is 5.82 Å². The van der Waals surface area contributed by atoms with Gasteiger partial charge < -0.3 is 5.32 Å². The molecule has 0 aliphatic carbocycles. The molecule has 1 atom stereocenters. The third kappa shape index (κ3) is 3.76. The number of hydrogen-bond acceptors (Lipinski definition) is 7. The summed E-state index contributed by atoms with van der Waals surface area (Å²) in [6, 6.07) is 7.25. The van der Waals surface area contributed by atoms with Gasteiger partial charge in [0.15, 0.2) is 5.78 Å². The first-order valence-corrected chi connectivity index (χ1v) is 6.91. The highest BCUT2D eigenvalue weighted by atomic mass is 32.1. The molecule has 0 saturated heterocycles. The average molecular weight is 303 g/mol. The molecule has 0 spiro atoms. The zero-order valence-electron chi connectivity index (χ0n) is 11.5. The molecule has 1 heterocycles. The van der Waals surface area contributed by atoms with E-state index in [0.29, 0.717) is 16.5 Å². The molecule has 2 rings (SSSR count). The van der Waals surface area contributed by atoms with Crippen LogP contribution >= 0.6 is 11.5 Å². The molecule has 0 aliphatic heterocycles. The molecule has 0 aliphatic rings. The molecule has 0 fully saturated rings. The van der Waals surface area contributed by atoms with Gasteiger partial charge in [-0.15, -0.1) is 5.11 Å². The Labute approximate surface area is 125 Å². The highest BCUT2D eigenvalue weighted by Crippen LogP contribution is 2.16. The summed E-state index contributed by atoms with van der Waals surface area (Å²) in [4.78, 5) is 28.2. The molecule has 2 aromatic rings. The van der Waals surface area contributed by atoms with Crippen LogP contribution in [-0.4, -0.2) is 34.1 Å². The number of carbonyl (C=O) groups excluding carboxylic acids is 2. The van der Waals surface area contributed by atoms with E-state index in [9.17, 15) is 9.59 Å². The number of aromatic nitrogens is 2. The van der Waals surface area contributed by atoms with E-state index in [1.54, 1.807) is 37.3 Å². The van der Waals surface area contributed by atoms with Crippen molar-refractivity contribution >= 4 is 28.4 Å². The normalized spacial score (nSPS) is 12.3. The SMILES string of the molecule is CNC(=O)C(N=Nc1nc(C)ns1)C(=O)c1ccccc1. The first-order chi connectivity index (χ1) is 10.1. The Morgan fingerprint density at radius 3 is 2.57 bits per heavy atom. The van der Waals surface area contributed by atoms with Gasteiger partial charge >= 0.3 is 0 Å². The van der Waals surface area contributed by atoms with E-state index in [1.807, 2.05) is 0 Å². The van der Waals surface area contributed by atoms with E-state index < -0.39 is 17.7 Å². The Balaban J connectivity index is 2.25. The van der Waals surface area contributed by atoms with Gasteiger partial charge in [-0.05, 0) is 6.92 Å². The van der Waals surface area contributed by atoms with E-state index in [-0.39, 0.29) is 0 Å². The second-order valence-corrected chi connectivity index (χ2v) is 4.82. The Morgan fingerprint density at radius 2 is 2.00 bits per heavy atom. The predicted molar refractivity (Wildman–Crippen MR) is 77.8 cm³/mol. The van der Waals surface area contributed by atoms with Crippen molar-refractivity contribution < 1.29 is 9.59 Å². The molecule has 8 heteroatoms. The number of carbonyl (C=O) groups is 2. The maximum Gasteiger partial charge on any atom is 0.254 e. The molecular weight excluding hydrogens is 290 g/mol. The lowest BCUT2D eigenvalue weighted by Gasteiger charge is -2.08. The minimum atomic E-state index is -1.23. The van der Waals surface area contributed by atoms with Crippen molar-refractivity contribution in [2.75, 3.05) is 7.05 Å². The van der Waals surface area contributed by atoms with Crippen LogP contribution in [0.5, 0.6) is 0 Å². The van der Waals surface area contributed by atoms with Crippen LogP contribution in [0.15, 0.2) is 40.6 Å². The first-order valence-electron chi connectivity index (χ1n) is 6.14. The molecule has 0 radical (unpaired) electrons. The van der Waals surface area contributed by atoms with Gasteiger partial charge in [-0.1, -0.05) is 30.3 Å². The second kappa shape index (κ2) is 6.80. The van der Waals surface area contributed by atoms with E-state index >= 15 is 0 Å². The minimum Gasteiger partial charge on any atom is -0.357 e. The van der Waals surface area contributed by atoms with Crippen molar-refractivity contribution in [2.24, 2.45) is 10.2 Å². The summed E-state index contributed by atoms with van der Waals surface area (Å²) < 4.78 is 3.95. The minimum absolute atomic E-state index is 0.308. The van der Waals surface area contributed by atoms with Crippen LogP contribution in [0.1, 0.15) is 16.2 Å². The molecular formula is C13H13N5O2S. The molecule has 1 aromatic heterocycles. The van der Waals surface area contributed by atoms with Crippen molar-refractivity contribution in [3.05, 3.63) is 41.7 Å². The Bertz CT molecular complexity index is 668. The fourth-order valence-corrected chi connectivity index (χ4v) is 2.07. The van der Waals surface area contributed by atoms with Crippen LogP contribution < -0.4 is 5.32 Å². The van der Waals surface area contributed by atoms with Crippen molar-refractivity contribution in [1.29, 1.82) is 0 Å². The number of nitrogens with one attached hydrogen (secondary N) is 1. The van der Waals surface area contributed by atoms with Crippen LogP contribution in [-0.2, 0) is 4.79 Å². The number of Topliss-reactive ketones (excluding diaryl/α,β-unsaturated/α-hetero) is 1. The molecule has 1 unspecified atom stereocenters. The lowest BCUT2D eigenvalue weighted by Crippen LogP contribution is -2.36. The molecule has 1 amide bonds. The van der Waals surface area contributed by atoms with Crippen LogP contribution in [0.25, 0.3) is 0 Å². The summed E-state index contributed by atoms with van der Waals surface area (Å²) in [6.07, 6.45) is 0. The van der Waals surface area contributed by atoms with Crippen LogP contribution in [0, 0.1) is 6.92 Å². The monoisotopic (exact) mass is 303 g/mol. The average Bonchev–Trinajstić information content (AvgIpc) is 2.93. The number of azo groups is 1. The molecule has 1 N–H and O–H groups in total. The maximum absolute atomic E-state index is 12.3. The van der Waals surface area contributed by atoms with Gasteiger partial charge in [-0.2, -0.15) is 9.49 Å². The quantitative estimate of drug-likeness (QED) is 0.518. The first kappa shape index (κ1) is 14.9. The molecule has 0 saturated carbocycles. The third-order valence-electron chi connectivity index (χ3n) is 2.58. The largest absolute Gasteiger partial charge is 0.357 e. The number of amides is 1. The second-order valence-electron chi connectivity index (χ2n) is 4.09. The standard InChI is InChI=1S/C13H13N5O2S/c1-8-15-13(21-18-8)17-16-10(12(20)14-2)11(19)9-6-4-3-5-7-9/h3-7,10H,1-2H3,(H,14,20). The van der Waals surface area contributed by atoms with E-state index in [1.165, 1.54) is 7.05 Å². The van der Waals surface area contributed by atoms with Gasteiger partial charge in [0, 0.05) is 24.1 Å². The van der Waals surface area contributed by atoms with Crippen LogP contribution in [0.4, 0.5) is 5.13 Å². The van der Waals surface area contributed by atoms with Gasteiger partial charge in [-0.3, -0.25) is 9.59 Å². The number of ketones is 1. The number of nitrogens with zero attached hydrogens (tertiary/aromatic N) is 4. The molecule has 1 aromatic carbocycles.